The number of nitrogens with zero attached hydrogens (tertiary/aromatic N) is 2. The summed E-state index contributed by atoms with van der Waals surface area (Å²) in [5.41, 5.74) is 10.7. The Morgan fingerprint density at radius 3 is 2.89 bits per heavy atom. The third-order valence-corrected chi connectivity index (χ3v) is 3.57. The highest BCUT2D eigenvalue weighted by atomic mass is 32.1. The average Bonchev–Trinajstić information content (AvgIpc) is 2.76. The maximum Gasteiger partial charge on any atom is 0.126 e. The largest absolute Gasteiger partial charge is 0.383 e. The summed E-state index contributed by atoms with van der Waals surface area (Å²) in [6, 6.07) is 3.96. The lowest BCUT2D eigenvalue weighted by Crippen LogP contribution is -2.38. The Morgan fingerprint density at radius 2 is 2.28 bits per heavy atom. The number of aryl methyl sites for hydroxylation is 1. The van der Waals surface area contributed by atoms with Gasteiger partial charge in [0, 0.05) is 24.0 Å². The zero-order valence-corrected chi connectivity index (χ0v) is 11.1. The van der Waals surface area contributed by atoms with Crippen molar-refractivity contribution in [2.75, 3.05) is 5.73 Å². The van der Waals surface area contributed by atoms with Crippen molar-refractivity contribution in [2.45, 2.75) is 25.8 Å². The monoisotopic (exact) mass is 263 g/mol. The van der Waals surface area contributed by atoms with E-state index in [-0.39, 0.29) is 6.04 Å². The smallest absolute Gasteiger partial charge is 0.126 e. The molecule has 0 aliphatic carbocycles. The summed E-state index contributed by atoms with van der Waals surface area (Å²) in [4.78, 5) is 8.51. The highest BCUT2D eigenvalue weighted by molar-refractivity contribution is 7.09. The summed E-state index contributed by atoms with van der Waals surface area (Å²) in [6.07, 6.45) is 3.22. The molecule has 0 spiro atoms. The minimum atomic E-state index is 0.109. The van der Waals surface area contributed by atoms with Crippen molar-refractivity contribution < 1.29 is 0 Å². The second kappa shape index (κ2) is 5.90. The van der Waals surface area contributed by atoms with Crippen LogP contribution in [0.2, 0.25) is 0 Å². The molecule has 6 heteroatoms. The van der Waals surface area contributed by atoms with Crippen molar-refractivity contribution >= 4 is 17.2 Å². The number of anilines is 1. The molecule has 0 aromatic carbocycles. The molecule has 0 bridgehead atoms. The Balaban J connectivity index is 2.04. The number of rotatable bonds is 5. The van der Waals surface area contributed by atoms with E-state index in [9.17, 15) is 0 Å². The third kappa shape index (κ3) is 3.25. The Kier molecular flexibility index (Phi) is 4.24. The number of pyridine rings is 1. The molecule has 0 aliphatic heterocycles. The van der Waals surface area contributed by atoms with E-state index < -0.39 is 0 Å². The third-order valence-electron chi connectivity index (χ3n) is 2.75. The van der Waals surface area contributed by atoms with E-state index in [2.05, 4.69) is 20.8 Å². The molecule has 2 rings (SSSR count). The van der Waals surface area contributed by atoms with Gasteiger partial charge in [-0.2, -0.15) is 0 Å². The number of hydrogen-bond acceptors (Lipinski definition) is 6. The molecule has 1 atom stereocenters. The van der Waals surface area contributed by atoms with Crippen LogP contribution in [0.1, 0.15) is 16.3 Å². The fourth-order valence-corrected chi connectivity index (χ4v) is 2.46. The van der Waals surface area contributed by atoms with Gasteiger partial charge in [0.1, 0.15) is 5.82 Å². The van der Waals surface area contributed by atoms with Gasteiger partial charge in [-0.15, -0.1) is 11.3 Å². The van der Waals surface area contributed by atoms with Crippen LogP contribution in [0.3, 0.4) is 0 Å². The minimum Gasteiger partial charge on any atom is -0.383 e. The predicted molar refractivity (Wildman–Crippen MR) is 74.0 cm³/mol. The van der Waals surface area contributed by atoms with Crippen LogP contribution in [-0.2, 0) is 12.8 Å². The van der Waals surface area contributed by atoms with Crippen molar-refractivity contribution in [3.8, 4) is 0 Å². The number of hydrazine groups is 1. The van der Waals surface area contributed by atoms with Crippen molar-refractivity contribution in [1.29, 1.82) is 0 Å². The molecule has 5 N–H and O–H groups in total. The first-order valence-electron chi connectivity index (χ1n) is 5.75. The van der Waals surface area contributed by atoms with Gasteiger partial charge in [0.25, 0.3) is 0 Å². The summed E-state index contributed by atoms with van der Waals surface area (Å²) in [6.45, 7) is 2.00. The van der Waals surface area contributed by atoms with Crippen LogP contribution in [0.25, 0.3) is 0 Å². The van der Waals surface area contributed by atoms with Crippen molar-refractivity contribution in [3.05, 3.63) is 40.0 Å². The molecule has 0 amide bonds. The van der Waals surface area contributed by atoms with Gasteiger partial charge in [0.15, 0.2) is 0 Å². The first-order valence-corrected chi connectivity index (χ1v) is 6.63. The Labute approximate surface area is 110 Å². The van der Waals surface area contributed by atoms with Gasteiger partial charge < -0.3 is 5.73 Å². The number of aromatic nitrogens is 2. The standard InChI is InChI=1S/C12H17N5S/c1-8-16-11(7-18-8)6-10(17-14)5-9-3-2-4-15-12(9)13/h2-4,7,10,17H,5-6,14H2,1H3,(H2,13,15). The first kappa shape index (κ1) is 12.9. The zero-order valence-electron chi connectivity index (χ0n) is 10.3. The number of hydrogen-bond donors (Lipinski definition) is 3. The lowest BCUT2D eigenvalue weighted by Gasteiger charge is -2.15. The van der Waals surface area contributed by atoms with Crippen molar-refractivity contribution in [3.63, 3.8) is 0 Å². The highest BCUT2D eigenvalue weighted by Crippen LogP contribution is 2.14. The number of thiazole rings is 1. The molecular formula is C12H17N5S. The molecule has 96 valence electrons. The fourth-order valence-electron chi connectivity index (χ4n) is 1.83. The van der Waals surface area contributed by atoms with E-state index in [4.69, 9.17) is 11.6 Å². The first-order chi connectivity index (χ1) is 8.69. The van der Waals surface area contributed by atoms with E-state index in [0.29, 0.717) is 5.82 Å². The predicted octanol–water partition coefficient (Wildman–Crippen LogP) is 1.05. The van der Waals surface area contributed by atoms with Gasteiger partial charge in [0.05, 0.1) is 10.7 Å². The average molecular weight is 263 g/mol. The zero-order chi connectivity index (χ0) is 13.0. The summed E-state index contributed by atoms with van der Waals surface area (Å²) in [5, 5.41) is 3.13. The van der Waals surface area contributed by atoms with Gasteiger partial charge >= 0.3 is 0 Å². The molecule has 2 aromatic rings. The molecule has 0 saturated carbocycles. The van der Waals surface area contributed by atoms with Gasteiger partial charge in [-0.25, -0.2) is 9.97 Å². The van der Waals surface area contributed by atoms with Gasteiger partial charge in [-0.05, 0) is 25.0 Å². The van der Waals surface area contributed by atoms with Gasteiger partial charge in [0.2, 0.25) is 0 Å². The number of nitrogens with two attached hydrogens (primary N) is 2. The van der Waals surface area contributed by atoms with E-state index in [1.165, 1.54) is 0 Å². The summed E-state index contributed by atoms with van der Waals surface area (Å²) in [5.74, 6) is 6.15. The maximum atomic E-state index is 5.83. The topological polar surface area (TPSA) is 89.8 Å². The molecule has 0 aliphatic rings. The second-order valence-corrected chi connectivity index (χ2v) is 5.24. The summed E-state index contributed by atoms with van der Waals surface area (Å²) in [7, 11) is 0. The normalized spacial score (nSPS) is 12.6. The number of nitrogen functional groups attached to an aromatic ring is 1. The van der Waals surface area contributed by atoms with Crippen LogP contribution in [0.4, 0.5) is 5.82 Å². The SMILES string of the molecule is Cc1nc(CC(Cc2cccnc2N)NN)cs1. The fraction of sp³-hybridized carbons (Fsp3) is 0.333. The van der Waals surface area contributed by atoms with Crippen molar-refractivity contribution in [1.82, 2.24) is 15.4 Å². The Morgan fingerprint density at radius 1 is 1.44 bits per heavy atom. The molecule has 0 saturated heterocycles. The van der Waals surface area contributed by atoms with E-state index in [0.717, 1.165) is 29.1 Å². The molecule has 5 nitrogen and oxygen atoms in total. The highest BCUT2D eigenvalue weighted by Gasteiger charge is 2.12. The molecule has 2 heterocycles. The van der Waals surface area contributed by atoms with Crippen LogP contribution in [0.5, 0.6) is 0 Å². The van der Waals surface area contributed by atoms with Crippen molar-refractivity contribution in [2.24, 2.45) is 5.84 Å². The second-order valence-electron chi connectivity index (χ2n) is 4.18. The molecule has 0 radical (unpaired) electrons. The lowest BCUT2D eigenvalue weighted by molar-refractivity contribution is 0.518. The molecule has 2 aromatic heterocycles. The molecule has 1 unspecified atom stereocenters. The van der Waals surface area contributed by atoms with Crippen LogP contribution in [-0.4, -0.2) is 16.0 Å². The van der Waals surface area contributed by atoms with Gasteiger partial charge in [-0.1, -0.05) is 6.07 Å². The molecular weight excluding hydrogens is 246 g/mol. The quantitative estimate of drug-likeness (QED) is 0.554. The summed E-state index contributed by atoms with van der Waals surface area (Å²) >= 11 is 1.65. The maximum absolute atomic E-state index is 5.83. The van der Waals surface area contributed by atoms with Crippen LogP contribution in [0.15, 0.2) is 23.7 Å². The Hall–Kier alpha value is -1.50. The van der Waals surface area contributed by atoms with Crippen LogP contribution in [0, 0.1) is 6.92 Å². The van der Waals surface area contributed by atoms with E-state index in [1.807, 2.05) is 19.1 Å². The molecule has 18 heavy (non-hydrogen) atoms. The van der Waals surface area contributed by atoms with Crippen LogP contribution < -0.4 is 17.0 Å². The summed E-state index contributed by atoms with van der Waals surface area (Å²) < 4.78 is 0. The lowest BCUT2D eigenvalue weighted by atomic mass is 10.0. The molecule has 0 fully saturated rings. The van der Waals surface area contributed by atoms with Crippen LogP contribution >= 0.6 is 11.3 Å². The van der Waals surface area contributed by atoms with E-state index >= 15 is 0 Å². The minimum absolute atomic E-state index is 0.109. The van der Waals surface area contributed by atoms with Gasteiger partial charge in [-0.3, -0.25) is 11.3 Å². The Bertz CT molecular complexity index is 511. The van der Waals surface area contributed by atoms with E-state index in [1.54, 1.807) is 17.5 Å². The number of nitrogens with one attached hydrogen (secondary N) is 1.